The van der Waals surface area contributed by atoms with E-state index in [-0.39, 0.29) is 6.10 Å². The van der Waals surface area contributed by atoms with Crippen LogP contribution in [0, 0.1) is 0 Å². The average Bonchev–Trinajstić information content (AvgIpc) is 2.90. The Labute approximate surface area is 83.3 Å². The SMILES string of the molecule is CCC1(O)OC1COc1ccccc1. The van der Waals surface area contributed by atoms with Crippen molar-refractivity contribution in [3.63, 3.8) is 0 Å². The Kier molecular flexibility index (Phi) is 2.44. The number of ether oxygens (including phenoxy) is 2. The summed E-state index contributed by atoms with van der Waals surface area (Å²) in [5.74, 6) is -0.129. The van der Waals surface area contributed by atoms with E-state index in [1.54, 1.807) is 0 Å². The van der Waals surface area contributed by atoms with Crippen LogP contribution < -0.4 is 4.74 Å². The summed E-state index contributed by atoms with van der Waals surface area (Å²) in [6.45, 7) is 2.30. The predicted molar refractivity (Wildman–Crippen MR) is 52.1 cm³/mol. The van der Waals surface area contributed by atoms with Crippen LogP contribution in [0.1, 0.15) is 13.3 Å². The maximum Gasteiger partial charge on any atom is 0.196 e. The molecule has 0 aliphatic carbocycles. The van der Waals surface area contributed by atoms with Crippen LogP contribution >= 0.6 is 0 Å². The van der Waals surface area contributed by atoms with Crippen LogP contribution in [0.3, 0.4) is 0 Å². The molecule has 1 aliphatic rings. The van der Waals surface area contributed by atoms with Crippen LogP contribution in [0.5, 0.6) is 5.75 Å². The van der Waals surface area contributed by atoms with Crippen molar-refractivity contribution in [1.82, 2.24) is 0 Å². The molecule has 76 valence electrons. The second kappa shape index (κ2) is 3.59. The topological polar surface area (TPSA) is 42.0 Å². The molecule has 1 aliphatic heterocycles. The zero-order valence-corrected chi connectivity index (χ0v) is 8.14. The smallest absolute Gasteiger partial charge is 0.196 e. The molecule has 0 saturated carbocycles. The lowest BCUT2D eigenvalue weighted by molar-refractivity contribution is 0.0331. The zero-order valence-electron chi connectivity index (χ0n) is 8.14. The summed E-state index contributed by atoms with van der Waals surface area (Å²) in [5, 5.41) is 9.57. The summed E-state index contributed by atoms with van der Waals surface area (Å²) < 4.78 is 10.5. The van der Waals surface area contributed by atoms with Crippen LogP contribution in [-0.2, 0) is 4.74 Å². The highest BCUT2D eigenvalue weighted by Crippen LogP contribution is 2.36. The van der Waals surface area contributed by atoms with Gasteiger partial charge in [0.2, 0.25) is 0 Å². The maximum atomic E-state index is 9.57. The summed E-state index contributed by atoms with van der Waals surface area (Å²) >= 11 is 0. The van der Waals surface area contributed by atoms with Gasteiger partial charge < -0.3 is 14.6 Å². The van der Waals surface area contributed by atoms with Gasteiger partial charge in [0.05, 0.1) is 0 Å². The third-order valence-corrected chi connectivity index (χ3v) is 2.44. The highest BCUT2D eigenvalue weighted by Gasteiger charge is 2.54. The summed E-state index contributed by atoms with van der Waals surface area (Å²) in [4.78, 5) is 0. The zero-order chi connectivity index (χ0) is 10.0. The van der Waals surface area contributed by atoms with Gasteiger partial charge in [-0.25, -0.2) is 0 Å². The van der Waals surface area contributed by atoms with Gasteiger partial charge in [0.25, 0.3) is 0 Å². The van der Waals surface area contributed by atoms with Crippen molar-refractivity contribution >= 4 is 0 Å². The Morgan fingerprint density at radius 1 is 1.43 bits per heavy atom. The highest BCUT2D eigenvalue weighted by atomic mass is 16.7. The molecule has 2 rings (SSSR count). The molecule has 0 bridgehead atoms. The lowest BCUT2D eigenvalue weighted by Gasteiger charge is -2.04. The van der Waals surface area contributed by atoms with Crippen molar-refractivity contribution in [3.05, 3.63) is 30.3 Å². The number of hydrogen-bond acceptors (Lipinski definition) is 3. The van der Waals surface area contributed by atoms with E-state index >= 15 is 0 Å². The van der Waals surface area contributed by atoms with Crippen LogP contribution in [0.2, 0.25) is 0 Å². The second-order valence-corrected chi connectivity index (χ2v) is 3.43. The molecular weight excluding hydrogens is 180 g/mol. The Hall–Kier alpha value is -1.06. The number of aliphatic hydroxyl groups is 1. The quantitative estimate of drug-likeness (QED) is 0.739. The molecule has 1 heterocycles. The first-order valence-corrected chi connectivity index (χ1v) is 4.82. The molecule has 1 fully saturated rings. The lowest BCUT2D eigenvalue weighted by Crippen LogP contribution is -2.17. The fourth-order valence-electron chi connectivity index (χ4n) is 1.38. The van der Waals surface area contributed by atoms with Crippen LogP contribution in [0.25, 0.3) is 0 Å². The average molecular weight is 194 g/mol. The van der Waals surface area contributed by atoms with E-state index in [1.807, 2.05) is 37.3 Å². The molecule has 0 aromatic heterocycles. The molecule has 1 aromatic rings. The number of para-hydroxylation sites is 1. The third-order valence-electron chi connectivity index (χ3n) is 2.44. The summed E-state index contributed by atoms with van der Waals surface area (Å²) in [6.07, 6.45) is 0.434. The lowest BCUT2D eigenvalue weighted by atomic mass is 10.2. The number of benzene rings is 1. The van der Waals surface area contributed by atoms with E-state index in [2.05, 4.69) is 0 Å². The fourth-order valence-corrected chi connectivity index (χ4v) is 1.38. The van der Waals surface area contributed by atoms with Crippen LogP contribution in [0.15, 0.2) is 30.3 Å². The molecule has 2 unspecified atom stereocenters. The van der Waals surface area contributed by atoms with E-state index in [0.29, 0.717) is 13.0 Å². The van der Waals surface area contributed by atoms with Crippen molar-refractivity contribution in [3.8, 4) is 5.75 Å². The van der Waals surface area contributed by atoms with Crippen LogP contribution in [-0.4, -0.2) is 23.6 Å². The minimum absolute atomic E-state index is 0.173. The van der Waals surface area contributed by atoms with E-state index in [0.717, 1.165) is 5.75 Å². The van der Waals surface area contributed by atoms with Crippen molar-refractivity contribution in [2.75, 3.05) is 6.61 Å². The molecule has 1 aromatic carbocycles. The minimum atomic E-state index is -0.936. The van der Waals surface area contributed by atoms with Gasteiger partial charge in [-0.3, -0.25) is 0 Å². The molecule has 0 radical (unpaired) electrons. The first-order valence-electron chi connectivity index (χ1n) is 4.82. The molecule has 14 heavy (non-hydrogen) atoms. The van der Waals surface area contributed by atoms with E-state index < -0.39 is 5.79 Å². The third kappa shape index (κ3) is 1.89. The van der Waals surface area contributed by atoms with Gasteiger partial charge in [0.1, 0.15) is 18.5 Å². The number of hydrogen-bond donors (Lipinski definition) is 1. The molecular formula is C11H14O3. The van der Waals surface area contributed by atoms with Crippen molar-refractivity contribution in [2.45, 2.75) is 25.2 Å². The fraction of sp³-hybridized carbons (Fsp3) is 0.455. The van der Waals surface area contributed by atoms with Gasteiger partial charge in [-0.05, 0) is 12.1 Å². The predicted octanol–water partition coefficient (Wildman–Crippen LogP) is 1.56. The Morgan fingerprint density at radius 2 is 2.14 bits per heavy atom. The first kappa shape index (κ1) is 9.49. The monoisotopic (exact) mass is 194 g/mol. The molecule has 0 spiro atoms. The van der Waals surface area contributed by atoms with Crippen molar-refractivity contribution < 1.29 is 14.6 Å². The van der Waals surface area contributed by atoms with Gasteiger partial charge in [0, 0.05) is 6.42 Å². The van der Waals surface area contributed by atoms with Crippen molar-refractivity contribution in [1.29, 1.82) is 0 Å². The van der Waals surface area contributed by atoms with Gasteiger partial charge >= 0.3 is 0 Å². The number of rotatable bonds is 4. The van der Waals surface area contributed by atoms with Gasteiger partial charge in [-0.2, -0.15) is 0 Å². The first-order chi connectivity index (χ1) is 6.74. The molecule has 0 amide bonds. The standard InChI is InChI=1S/C11H14O3/c1-2-11(12)10(14-11)8-13-9-6-4-3-5-7-9/h3-7,10,12H,2,8H2,1H3. The Morgan fingerprint density at radius 3 is 2.71 bits per heavy atom. The molecule has 1 N–H and O–H groups in total. The number of epoxide rings is 1. The minimum Gasteiger partial charge on any atom is -0.491 e. The van der Waals surface area contributed by atoms with E-state index in [1.165, 1.54) is 0 Å². The molecule has 2 atom stereocenters. The van der Waals surface area contributed by atoms with Crippen LogP contribution in [0.4, 0.5) is 0 Å². The van der Waals surface area contributed by atoms with E-state index in [4.69, 9.17) is 9.47 Å². The maximum absolute atomic E-state index is 9.57. The molecule has 3 nitrogen and oxygen atoms in total. The molecule has 1 saturated heterocycles. The van der Waals surface area contributed by atoms with Gasteiger partial charge in [0.15, 0.2) is 5.79 Å². The van der Waals surface area contributed by atoms with Gasteiger partial charge in [-0.1, -0.05) is 25.1 Å². The van der Waals surface area contributed by atoms with E-state index in [9.17, 15) is 5.11 Å². The van der Waals surface area contributed by atoms with Crippen molar-refractivity contribution in [2.24, 2.45) is 0 Å². The second-order valence-electron chi connectivity index (χ2n) is 3.43. The Balaban J connectivity index is 1.80. The summed E-state index contributed by atoms with van der Waals surface area (Å²) in [7, 11) is 0. The van der Waals surface area contributed by atoms with Gasteiger partial charge in [-0.15, -0.1) is 0 Å². The Bertz CT molecular complexity index is 299. The summed E-state index contributed by atoms with van der Waals surface area (Å²) in [6, 6.07) is 9.52. The highest BCUT2D eigenvalue weighted by molar-refractivity contribution is 5.21. The normalized spacial score (nSPS) is 30.0. The summed E-state index contributed by atoms with van der Waals surface area (Å²) in [5.41, 5.74) is 0. The molecule has 3 heteroatoms. The largest absolute Gasteiger partial charge is 0.491 e.